The van der Waals surface area contributed by atoms with Crippen LogP contribution in [0, 0.1) is 5.92 Å². The van der Waals surface area contributed by atoms with Crippen molar-refractivity contribution >= 4 is 0 Å². The van der Waals surface area contributed by atoms with Gasteiger partial charge in [0.15, 0.2) is 0 Å². The summed E-state index contributed by atoms with van der Waals surface area (Å²) in [5.74, 6) is 0.687. The minimum absolute atomic E-state index is 0.325. The lowest BCUT2D eigenvalue weighted by atomic mass is 9.96. The van der Waals surface area contributed by atoms with Crippen LogP contribution in [-0.2, 0) is 0 Å². The van der Waals surface area contributed by atoms with E-state index in [1.165, 1.54) is 77.0 Å². The van der Waals surface area contributed by atoms with Gasteiger partial charge < -0.3 is 10.2 Å². The summed E-state index contributed by atoms with van der Waals surface area (Å²) < 4.78 is 0. The van der Waals surface area contributed by atoms with Crippen molar-refractivity contribution in [1.29, 1.82) is 0 Å². The van der Waals surface area contributed by atoms with Gasteiger partial charge in [-0.15, -0.1) is 0 Å². The van der Waals surface area contributed by atoms with E-state index in [0.717, 1.165) is 6.54 Å². The highest BCUT2D eigenvalue weighted by Crippen LogP contribution is 2.17. The van der Waals surface area contributed by atoms with Crippen LogP contribution in [0.1, 0.15) is 105 Å². The summed E-state index contributed by atoms with van der Waals surface area (Å²) in [6.45, 7) is 10.5. The first-order valence-electron chi connectivity index (χ1n) is 11.1. The van der Waals surface area contributed by atoms with Crippen LogP contribution in [-0.4, -0.2) is 47.0 Å². The Morgan fingerprint density at radius 1 is 0.640 bits per heavy atom. The fourth-order valence-electron chi connectivity index (χ4n) is 3.68. The summed E-state index contributed by atoms with van der Waals surface area (Å²) in [5, 5.41) is 19.3. The molecule has 3 atom stereocenters. The largest absolute Gasteiger partial charge is 0.392 e. The lowest BCUT2D eigenvalue weighted by molar-refractivity contribution is 0.0720. The lowest BCUT2D eigenvalue weighted by Gasteiger charge is -2.29. The van der Waals surface area contributed by atoms with Crippen molar-refractivity contribution in [1.82, 2.24) is 4.90 Å². The summed E-state index contributed by atoms with van der Waals surface area (Å²) in [5.41, 5.74) is 0. The van der Waals surface area contributed by atoms with Gasteiger partial charge in [-0.05, 0) is 26.2 Å². The van der Waals surface area contributed by atoms with E-state index in [-0.39, 0.29) is 12.2 Å². The number of aliphatic hydroxyl groups is 2. The Labute approximate surface area is 158 Å². The third-order valence-electron chi connectivity index (χ3n) is 5.10. The molecule has 25 heavy (non-hydrogen) atoms. The molecule has 0 fully saturated rings. The minimum Gasteiger partial charge on any atom is -0.392 e. The van der Waals surface area contributed by atoms with E-state index in [1.54, 1.807) is 0 Å². The average Bonchev–Trinajstić information content (AvgIpc) is 2.54. The number of rotatable bonds is 18. The van der Waals surface area contributed by atoms with Crippen molar-refractivity contribution in [2.24, 2.45) is 5.92 Å². The summed E-state index contributed by atoms with van der Waals surface area (Å²) in [6, 6.07) is 0. The highest BCUT2D eigenvalue weighted by Gasteiger charge is 2.16. The van der Waals surface area contributed by atoms with E-state index >= 15 is 0 Å². The second kappa shape index (κ2) is 17.3. The third-order valence-corrected chi connectivity index (χ3v) is 5.10. The summed E-state index contributed by atoms with van der Waals surface area (Å²) in [4.78, 5) is 2.24. The molecule has 0 aliphatic rings. The molecule has 0 aliphatic carbocycles. The van der Waals surface area contributed by atoms with E-state index in [2.05, 4.69) is 18.7 Å². The van der Waals surface area contributed by atoms with Crippen LogP contribution in [0.2, 0.25) is 0 Å². The summed E-state index contributed by atoms with van der Waals surface area (Å²) >= 11 is 0. The second-order valence-electron chi connectivity index (χ2n) is 8.16. The Morgan fingerprint density at radius 2 is 1.08 bits per heavy atom. The maximum Gasteiger partial charge on any atom is 0.0639 e. The topological polar surface area (TPSA) is 43.7 Å². The van der Waals surface area contributed by atoms with Gasteiger partial charge in [0.25, 0.3) is 0 Å². The van der Waals surface area contributed by atoms with Crippen LogP contribution in [0.5, 0.6) is 0 Å². The van der Waals surface area contributed by atoms with Gasteiger partial charge >= 0.3 is 0 Å². The monoisotopic (exact) mass is 357 g/mol. The van der Waals surface area contributed by atoms with Crippen molar-refractivity contribution in [3.63, 3.8) is 0 Å². The maximum atomic E-state index is 9.66. The Bertz CT molecular complexity index is 259. The van der Waals surface area contributed by atoms with Crippen LogP contribution < -0.4 is 0 Å². The zero-order valence-corrected chi connectivity index (χ0v) is 17.7. The van der Waals surface area contributed by atoms with Crippen molar-refractivity contribution in [2.75, 3.05) is 19.6 Å². The molecular weight excluding hydrogens is 310 g/mol. The Balaban J connectivity index is 3.78. The Hall–Kier alpha value is -0.120. The van der Waals surface area contributed by atoms with Crippen LogP contribution >= 0.6 is 0 Å². The highest BCUT2D eigenvalue weighted by atomic mass is 16.3. The predicted molar refractivity (Wildman–Crippen MR) is 110 cm³/mol. The zero-order valence-electron chi connectivity index (χ0n) is 17.7. The molecule has 3 heteroatoms. The van der Waals surface area contributed by atoms with Crippen LogP contribution in [0.25, 0.3) is 0 Å². The van der Waals surface area contributed by atoms with Gasteiger partial charge in [0.2, 0.25) is 0 Å². The van der Waals surface area contributed by atoms with Crippen LogP contribution in [0.15, 0.2) is 0 Å². The van der Waals surface area contributed by atoms with Crippen molar-refractivity contribution in [2.45, 2.75) is 117 Å². The zero-order chi connectivity index (χ0) is 18.9. The molecule has 2 N–H and O–H groups in total. The molecule has 0 spiro atoms. The van der Waals surface area contributed by atoms with Crippen molar-refractivity contribution in [3.05, 3.63) is 0 Å². The first kappa shape index (κ1) is 24.9. The molecule has 0 bridgehead atoms. The third kappa shape index (κ3) is 17.1. The van der Waals surface area contributed by atoms with Gasteiger partial charge in [0.1, 0.15) is 0 Å². The van der Waals surface area contributed by atoms with E-state index < -0.39 is 0 Å². The number of aliphatic hydroxyl groups excluding tert-OH is 2. The van der Waals surface area contributed by atoms with E-state index in [9.17, 15) is 10.2 Å². The molecule has 0 aromatic carbocycles. The second-order valence-corrected chi connectivity index (χ2v) is 8.16. The molecule has 0 aromatic rings. The molecular formula is C22H47NO2. The number of hydrogen-bond acceptors (Lipinski definition) is 3. The van der Waals surface area contributed by atoms with Gasteiger partial charge in [-0.1, -0.05) is 84.5 Å². The van der Waals surface area contributed by atoms with Crippen molar-refractivity contribution < 1.29 is 10.2 Å². The van der Waals surface area contributed by atoms with E-state index in [0.29, 0.717) is 19.0 Å². The first-order valence-corrected chi connectivity index (χ1v) is 11.1. The molecule has 0 saturated heterocycles. The summed E-state index contributed by atoms with van der Waals surface area (Å²) in [7, 11) is 0. The summed E-state index contributed by atoms with van der Waals surface area (Å²) in [6.07, 6.45) is 15.7. The van der Waals surface area contributed by atoms with Gasteiger partial charge in [-0.3, -0.25) is 4.90 Å². The quantitative estimate of drug-likeness (QED) is 0.323. The molecule has 3 unspecified atom stereocenters. The molecule has 0 aliphatic heterocycles. The smallest absolute Gasteiger partial charge is 0.0639 e. The average molecular weight is 358 g/mol. The number of hydrogen-bond donors (Lipinski definition) is 2. The molecule has 0 saturated carbocycles. The molecule has 0 aromatic heterocycles. The molecule has 0 amide bonds. The highest BCUT2D eigenvalue weighted by molar-refractivity contribution is 4.69. The number of nitrogens with zero attached hydrogens (tertiary/aromatic N) is 1. The predicted octanol–water partition coefficient (Wildman–Crippen LogP) is 5.39. The maximum absolute atomic E-state index is 9.66. The molecule has 3 nitrogen and oxygen atoms in total. The SMILES string of the molecule is CCCCCCCCCCCCC(CC)CN(CC(C)O)CC(C)O. The Morgan fingerprint density at radius 3 is 1.48 bits per heavy atom. The lowest BCUT2D eigenvalue weighted by Crippen LogP contribution is -2.39. The molecule has 0 heterocycles. The van der Waals surface area contributed by atoms with Gasteiger partial charge in [0.05, 0.1) is 12.2 Å². The van der Waals surface area contributed by atoms with Crippen molar-refractivity contribution in [3.8, 4) is 0 Å². The molecule has 0 rings (SSSR count). The number of unbranched alkanes of at least 4 members (excludes halogenated alkanes) is 9. The normalized spacial score (nSPS) is 15.5. The van der Waals surface area contributed by atoms with Crippen LogP contribution in [0.4, 0.5) is 0 Å². The standard InChI is InChI=1S/C22H47NO2/c1-5-7-8-9-10-11-12-13-14-15-16-22(6-2)19-23(17-20(3)24)18-21(4)25/h20-22,24-25H,5-19H2,1-4H3. The first-order chi connectivity index (χ1) is 12.0. The molecule has 152 valence electrons. The van der Waals surface area contributed by atoms with Gasteiger partial charge in [0, 0.05) is 19.6 Å². The van der Waals surface area contributed by atoms with Gasteiger partial charge in [-0.25, -0.2) is 0 Å². The molecule has 0 radical (unpaired) electrons. The van der Waals surface area contributed by atoms with E-state index in [1.807, 2.05) is 13.8 Å². The van der Waals surface area contributed by atoms with Gasteiger partial charge in [-0.2, -0.15) is 0 Å². The Kier molecular flexibility index (Phi) is 17.2. The van der Waals surface area contributed by atoms with E-state index in [4.69, 9.17) is 0 Å². The minimum atomic E-state index is -0.325. The fourth-order valence-corrected chi connectivity index (χ4v) is 3.68. The fraction of sp³-hybridized carbons (Fsp3) is 1.00. The van der Waals surface area contributed by atoms with Crippen LogP contribution in [0.3, 0.4) is 0 Å².